The van der Waals surface area contributed by atoms with Crippen LogP contribution in [0.3, 0.4) is 0 Å². The van der Waals surface area contributed by atoms with Crippen LogP contribution in [0.1, 0.15) is 41.5 Å². The van der Waals surface area contributed by atoms with E-state index in [1.54, 1.807) is 16.7 Å². The van der Waals surface area contributed by atoms with Gasteiger partial charge in [0.15, 0.2) is 0 Å². The summed E-state index contributed by atoms with van der Waals surface area (Å²) >= 11 is 0. The summed E-state index contributed by atoms with van der Waals surface area (Å²) in [7, 11) is 1.31. The zero-order valence-electron chi connectivity index (χ0n) is 14.8. The van der Waals surface area contributed by atoms with Crippen molar-refractivity contribution in [1.82, 2.24) is 9.80 Å². The Morgan fingerprint density at radius 1 is 1.00 bits per heavy atom. The molecule has 0 aliphatic carbocycles. The molecule has 130 valence electrons. The largest absolute Gasteiger partial charge is 0.471 e. The Labute approximate surface area is 133 Å². The van der Waals surface area contributed by atoms with Gasteiger partial charge in [0.25, 0.3) is 6.47 Å². The quantitative estimate of drug-likeness (QED) is 0.690. The first-order valence-corrected chi connectivity index (χ1v) is 7.41. The van der Waals surface area contributed by atoms with Crippen LogP contribution in [0.25, 0.3) is 0 Å². The maximum absolute atomic E-state index is 11.7. The van der Waals surface area contributed by atoms with Crippen LogP contribution in [0.2, 0.25) is 0 Å². The average Bonchev–Trinajstić information content (AvgIpc) is 2.48. The van der Waals surface area contributed by atoms with E-state index >= 15 is 0 Å². The summed E-state index contributed by atoms with van der Waals surface area (Å²) in [6.45, 7) is 13.7. The molecule has 0 unspecified atom stereocenters. The zero-order valence-corrected chi connectivity index (χ0v) is 14.8. The van der Waals surface area contributed by atoms with Crippen LogP contribution < -0.4 is 0 Å². The van der Waals surface area contributed by atoms with Crippen molar-refractivity contribution >= 4 is 18.5 Å². The Kier molecular flexibility index (Phi) is 12.1. The monoisotopic (exact) mass is 318 g/mol. The van der Waals surface area contributed by atoms with Gasteiger partial charge in [-0.3, -0.25) is 9.59 Å². The van der Waals surface area contributed by atoms with E-state index in [-0.39, 0.29) is 12.0 Å². The number of hydrogen-bond donors (Lipinski definition) is 0. The summed E-state index contributed by atoms with van der Waals surface area (Å²) in [4.78, 5) is 35.1. The van der Waals surface area contributed by atoms with Gasteiger partial charge < -0.3 is 19.3 Å². The molecule has 7 nitrogen and oxygen atoms in total. The molecule has 7 heteroatoms. The van der Waals surface area contributed by atoms with E-state index in [0.717, 1.165) is 0 Å². The molecule has 0 aromatic carbocycles. The topological polar surface area (TPSA) is 76.2 Å². The normalized spacial score (nSPS) is 13.8. The highest BCUT2D eigenvalue weighted by Crippen LogP contribution is 2.11. The molecule has 0 radical (unpaired) electrons. The Balaban J connectivity index is 0. The van der Waals surface area contributed by atoms with Crippen LogP contribution in [0.5, 0.6) is 0 Å². The number of nitrogens with zero attached hydrogens (tertiary/aromatic N) is 2. The molecular formula is C15H30N2O5. The van der Waals surface area contributed by atoms with Crippen molar-refractivity contribution in [3.63, 3.8) is 0 Å². The van der Waals surface area contributed by atoms with Crippen LogP contribution in [0.4, 0.5) is 4.79 Å². The maximum Gasteiger partial charge on any atom is 0.410 e. The Hall–Kier alpha value is -1.79. The van der Waals surface area contributed by atoms with Crippen molar-refractivity contribution in [2.45, 2.75) is 47.1 Å². The highest BCUT2D eigenvalue weighted by atomic mass is 16.6. The van der Waals surface area contributed by atoms with Crippen molar-refractivity contribution in [3.8, 4) is 0 Å². The van der Waals surface area contributed by atoms with E-state index in [1.165, 1.54) is 7.11 Å². The highest BCUT2D eigenvalue weighted by molar-refractivity contribution is 5.74. The second-order valence-corrected chi connectivity index (χ2v) is 5.31. The molecule has 0 aromatic heterocycles. The Morgan fingerprint density at radius 2 is 1.36 bits per heavy atom. The number of rotatable bonds is 1. The van der Waals surface area contributed by atoms with Crippen molar-refractivity contribution < 1.29 is 23.9 Å². The van der Waals surface area contributed by atoms with E-state index in [1.807, 2.05) is 34.6 Å². The van der Waals surface area contributed by atoms with E-state index in [9.17, 15) is 9.59 Å². The highest BCUT2D eigenvalue weighted by Gasteiger charge is 2.26. The molecule has 1 rings (SSSR count). The predicted molar refractivity (Wildman–Crippen MR) is 84.5 cm³/mol. The number of amides is 2. The van der Waals surface area contributed by atoms with Crippen molar-refractivity contribution in [2.75, 3.05) is 33.3 Å². The molecule has 0 saturated carbocycles. The van der Waals surface area contributed by atoms with Gasteiger partial charge in [0.1, 0.15) is 5.60 Å². The summed E-state index contributed by atoms with van der Waals surface area (Å²) in [6.07, 6.45) is -0.296. The third-order valence-electron chi connectivity index (χ3n) is 2.47. The van der Waals surface area contributed by atoms with Gasteiger partial charge in [-0.05, 0) is 20.8 Å². The molecule has 0 aromatic rings. The van der Waals surface area contributed by atoms with Gasteiger partial charge in [-0.15, -0.1) is 0 Å². The van der Waals surface area contributed by atoms with Gasteiger partial charge in [0.2, 0.25) is 5.91 Å². The molecule has 1 saturated heterocycles. The molecule has 1 fully saturated rings. The van der Waals surface area contributed by atoms with Gasteiger partial charge in [-0.2, -0.15) is 0 Å². The van der Waals surface area contributed by atoms with Gasteiger partial charge in [-0.1, -0.05) is 13.8 Å². The lowest BCUT2D eigenvalue weighted by Crippen LogP contribution is -2.51. The van der Waals surface area contributed by atoms with Crippen LogP contribution >= 0.6 is 0 Å². The SMILES string of the molecule is CC.CC(=O)N1CCN(C(=O)OC(C)(C)C)CC1.COC=O. The lowest BCUT2D eigenvalue weighted by atomic mass is 10.2. The maximum atomic E-state index is 11.7. The van der Waals surface area contributed by atoms with E-state index in [2.05, 4.69) is 4.74 Å². The van der Waals surface area contributed by atoms with Gasteiger partial charge in [-0.25, -0.2) is 4.79 Å². The predicted octanol–water partition coefficient (Wildman–Crippen LogP) is 1.90. The molecular weight excluding hydrogens is 288 g/mol. The minimum absolute atomic E-state index is 0.0591. The zero-order chi connectivity index (χ0) is 17.8. The molecule has 0 spiro atoms. The summed E-state index contributed by atoms with van der Waals surface area (Å²) < 4.78 is 9.12. The molecule has 0 bridgehead atoms. The molecule has 2 amide bonds. The molecule has 1 aliphatic rings. The summed E-state index contributed by atoms with van der Waals surface area (Å²) in [5.41, 5.74) is -0.463. The first kappa shape index (κ1) is 22.5. The minimum Gasteiger partial charge on any atom is -0.471 e. The standard InChI is InChI=1S/C11H20N2O3.C2H4O2.C2H6/c1-9(14)12-5-7-13(8-6-12)10(15)16-11(2,3)4;1-4-2-3;1-2/h5-8H2,1-4H3;2H,1H3;1-2H3. The second kappa shape index (κ2) is 11.8. The third kappa shape index (κ3) is 10.9. The third-order valence-corrected chi connectivity index (χ3v) is 2.47. The molecule has 1 aliphatic heterocycles. The summed E-state index contributed by atoms with van der Waals surface area (Å²) in [5, 5.41) is 0. The van der Waals surface area contributed by atoms with Crippen molar-refractivity contribution in [2.24, 2.45) is 0 Å². The van der Waals surface area contributed by atoms with E-state index < -0.39 is 5.60 Å². The molecule has 1 heterocycles. The second-order valence-electron chi connectivity index (χ2n) is 5.31. The Morgan fingerprint density at radius 3 is 1.64 bits per heavy atom. The smallest absolute Gasteiger partial charge is 0.410 e. The van der Waals surface area contributed by atoms with Crippen LogP contribution in [0.15, 0.2) is 0 Å². The van der Waals surface area contributed by atoms with Gasteiger partial charge in [0, 0.05) is 33.1 Å². The van der Waals surface area contributed by atoms with Crippen LogP contribution in [-0.4, -0.2) is 67.2 Å². The first-order chi connectivity index (χ1) is 10.2. The number of carbonyl (C=O) groups excluding carboxylic acids is 3. The lowest BCUT2D eigenvalue weighted by molar-refractivity contribution is -0.130. The molecule has 0 atom stereocenters. The van der Waals surface area contributed by atoms with E-state index in [4.69, 9.17) is 9.53 Å². The number of carbonyl (C=O) groups is 3. The molecule has 0 N–H and O–H groups in total. The summed E-state index contributed by atoms with van der Waals surface area (Å²) in [5.74, 6) is 0.0591. The number of ether oxygens (including phenoxy) is 2. The average molecular weight is 318 g/mol. The van der Waals surface area contributed by atoms with Crippen LogP contribution in [-0.2, 0) is 19.1 Å². The van der Waals surface area contributed by atoms with Gasteiger partial charge in [0.05, 0.1) is 7.11 Å². The fraction of sp³-hybridized carbons (Fsp3) is 0.800. The number of piperazine rings is 1. The number of methoxy groups -OCH3 is 1. The van der Waals surface area contributed by atoms with Crippen molar-refractivity contribution in [1.29, 1.82) is 0 Å². The summed E-state index contributed by atoms with van der Waals surface area (Å²) in [6, 6.07) is 0. The van der Waals surface area contributed by atoms with Gasteiger partial charge >= 0.3 is 6.09 Å². The van der Waals surface area contributed by atoms with Crippen LogP contribution in [0, 0.1) is 0 Å². The first-order valence-electron chi connectivity index (χ1n) is 7.41. The fourth-order valence-corrected chi connectivity index (χ4v) is 1.53. The molecule has 22 heavy (non-hydrogen) atoms. The van der Waals surface area contributed by atoms with Crippen molar-refractivity contribution in [3.05, 3.63) is 0 Å². The minimum atomic E-state index is -0.463. The lowest BCUT2D eigenvalue weighted by Gasteiger charge is -2.35. The number of hydrogen-bond acceptors (Lipinski definition) is 5. The van der Waals surface area contributed by atoms with E-state index in [0.29, 0.717) is 32.7 Å². The Bertz CT molecular complexity index is 331. The fourth-order valence-electron chi connectivity index (χ4n) is 1.53.